The highest BCUT2D eigenvalue weighted by atomic mass is 35.5. The molecule has 0 saturated heterocycles. The van der Waals surface area contributed by atoms with E-state index in [-0.39, 0.29) is 0 Å². The first kappa shape index (κ1) is 15.3. The number of anilines is 2. The lowest BCUT2D eigenvalue weighted by Gasteiger charge is -2.14. The lowest BCUT2D eigenvalue weighted by molar-refractivity contribution is 0.405. The molecule has 2 aromatic rings. The maximum Gasteiger partial charge on any atom is 0.144 e. The van der Waals surface area contributed by atoms with E-state index in [0.29, 0.717) is 38.5 Å². The number of benzene rings is 2. The summed E-state index contributed by atoms with van der Waals surface area (Å²) in [5, 5.41) is 12.9. The zero-order chi connectivity index (χ0) is 15.4. The predicted octanol–water partition coefficient (Wildman–Crippen LogP) is 4.63. The zero-order valence-electron chi connectivity index (χ0n) is 11.4. The number of hydrogen-bond donors (Lipinski definition) is 1. The second-order valence-electron chi connectivity index (χ2n) is 4.12. The molecule has 108 valence electrons. The van der Waals surface area contributed by atoms with E-state index in [1.165, 1.54) is 7.11 Å². The fourth-order valence-electron chi connectivity index (χ4n) is 1.79. The molecule has 0 unspecified atom stereocenters. The summed E-state index contributed by atoms with van der Waals surface area (Å²) in [6, 6.07) is 10.4. The van der Waals surface area contributed by atoms with Crippen LogP contribution in [0.25, 0.3) is 0 Å². The van der Waals surface area contributed by atoms with E-state index < -0.39 is 0 Å². The SMILES string of the molecule is COc1cc(Nc2ccc(C#N)cc2Cl)c(OC)cc1Cl. The normalized spacial score (nSPS) is 9.86. The molecule has 0 aromatic heterocycles. The van der Waals surface area contributed by atoms with Gasteiger partial charge in [-0.25, -0.2) is 0 Å². The van der Waals surface area contributed by atoms with Crippen molar-refractivity contribution in [1.29, 1.82) is 5.26 Å². The van der Waals surface area contributed by atoms with E-state index >= 15 is 0 Å². The summed E-state index contributed by atoms with van der Waals surface area (Å²) in [4.78, 5) is 0. The van der Waals surface area contributed by atoms with Crippen LogP contribution in [0, 0.1) is 11.3 Å². The summed E-state index contributed by atoms with van der Waals surface area (Å²) in [7, 11) is 3.08. The third kappa shape index (κ3) is 3.33. The van der Waals surface area contributed by atoms with Crippen molar-refractivity contribution in [2.24, 2.45) is 0 Å². The Hall–Kier alpha value is -2.09. The van der Waals surface area contributed by atoms with Gasteiger partial charge in [-0.1, -0.05) is 23.2 Å². The monoisotopic (exact) mass is 322 g/mol. The summed E-state index contributed by atoms with van der Waals surface area (Å²) < 4.78 is 10.5. The third-order valence-corrected chi connectivity index (χ3v) is 3.45. The summed E-state index contributed by atoms with van der Waals surface area (Å²) in [6.07, 6.45) is 0. The molecule has 0 aliphatic heterocycles. The molecule has 2 aromatic carbocycles. The number of nitrogens with zero attached hydrogens (tertiary/aromatic N) is 1. The van der Waals surface area contributed by atoms with Crippen molar-refractivity contribution in [2.75, 3.05) is 19.5 Å². The van der Waals surface area contributed by atoms with Gasteiger partial charge in [-0.3, -0.25) is 0 Å². The molecular weight excluding hydrogens is 311 g/mol. The van der Waals surface area contributed by atoms with Crippen LogP contribution in [0.4, 0.5) is 11.4 Å². The van der Waals surface area contributed by atoms with Gasteiger partial charge in [0.25, 0.3) is 0 Å². The van der Waals surface area contributed by atoms with Crippen LogP contribution >= 0.6 is 23.2 Å². The highest BCUT2D eigenvalue weighted by Crippen LogP contribution is 2.38. The Morgan fingerprint density at radius 2 is 1.67 bits per heavy atom. The quantitative estimate of drug-likeness (QED) is 0.891. The van der Waals surface area contributed by atoms with Gasteiger partial charge in [0.2, 0.25) is 0 Å². The van der Waals surface area contributed by atoms with Crippen LogP contribution in [0.1, 0.15) is 5.56 Å². The van der Waals surface area contributed by atoms with E-state index in [4.69, 9.17) is 37.9 Å². The van der Waals surface area contributed by atoms with E-state index in [1.54, 1.807) is 37.4 Å². The summed E-state index contributed by atoms with van der Waals surface area (Å²) in [6.45, 7) is 0. The maximum atomic E-state index is 8.84. The Morgan fingerprint density at radius 1 is 0.952 bits per heavy atom. The van der Waals surface area contributed by atoms with Gasteiger partial charge in [-0.15, -0.1) is 0 Å². The minimum Gasteiger partial charge on any atom is -0.495 e. The molecule has 21 heavy (non-hydrogen) atoms. The fourth-order valence-corrected chi connectivity index (χ4v) is 2.25. The van der Waals surface area contributed by atoms with Crippen LogP contribution in [-0.2, 0) is 0 Å². The van der Waals surface area contributed by atoms with Crippen molar-refractivity contribution >= 4 is 34.6 Å². The average molecular weight is 323 g/mol. The van der Waals surface area contributed by atoms with Crippen molar-refractivity contribution in [3.05, 3.63) is 45.9 Å². The van der Waals surface area contributed by atoms with Crippen LogP contribution in [-0.4, -0.2) is 14.2 Å². The highest BCUT2D eigenvalue weighted by Gasteiger charge is 2.11. The second-order valence-corrected chi connectivity index (χ2v) is 4.93. The van der Waals surface area contributed by atoms with Gasteiger partial charge in [0.1, 0.15) is 11.5 Å². The van der Waals surface area contributed by atoms with Gasteiger partial charge in [0.15, 0.2) is 0 Å². The fraction of sp³-hybridized carbons (Fsp3) is 0.133. The molecule has 0 aliphatic carbocycles. The Balaban J connectivity index is 2.41. The molecule has 0 heterocycles. The van der Waals surface area contributed by atoms with Crippen LogP contribution < -0.4 is 14.8 Å². The Bertz CT molecular complexity index is 712. The first-order chi connectivity index (χ1) is 10.1. The summed E-state index contributed by atoms with van der Waals surface area (Å²) in [5.74, 6) is 1.07. The lowest BCUT2D eigenvalue weighted by atomic mass is 10.2. The number of halogens is 2. The Labute approximate surface area is 132 Å². The first-order valence-corrected chi connectivity index (χ1v) is 6.72. The molecule has 2 rings (SSSR count). The molecule has 0 bridgehead atoms. The minimum atomic E-state index is 0.435. The molecule has 0 spiro atoms. The number of methoxy groups -OCH3 is 2. The van der Waals surface area contributed by atoms with Crippen molar-refractivity contribution in [2.45, 2.75) is 0 Å². The second kappa shape index (κ2) is 6.57. The Morgan fingerprint density at radius 3 is 2.24 bits per heavy atom. The van der Waals surface area contributed by atoms with Gasteiger partial charge in [-0.05, 0) is 18.2 Å². The van der Waals surface area contributed by atoms with Crippen LogP contribution in [0.2, 0.25) is 10.0 Å². The first-order valence-electron chi connectivity index (χ1n) is 5.97. The Kier molecular flexibility index (Phi) is 4.79. The van der Waals surface area contributed by atoms with E-state index in [9.17, 15) is 0 Å². The smallest absolute Gasteiger partial charge is 0.144 e. The van der Waals surface area contributed by atoms with Crippen LogP contribution in [0.3, 0.4) is 0 Å². The van der Waals surface area contributed by atoms with E-state index in [2.05, 4.69) is 5.32 Å². The van der Waals surface area contributed by atoms with Crippen LogP contribution in [0.15, 0.2) is 30.3 Å². The van der Waals surface area contributed by atoms with E-state index in [1.807, 2.05) is 6.07 Å². The zero-order valence-corrected chi connectivity index (χ0v) is 12.9. The van der Waals surface area contributed by atoms with Crippen molar-refractivity contribution in [3.63, 3.8) is 0 Å². The number of rotatable bonds is 4. The van der Waals surface area contributed by atoms with Gasteiger partial charge >= 0.3 is 0 Å². The van der Waals surface area contributed by atoms with Crippen LogP contribution in [0.5, 0.6) is 11.5 Å². The highest BCUT2D eigenvalue weighted by molar-refractivity contribution is 6.33. The van der Waals surface area contributed by atoms with Crippen molar-refractivity contribution in [1.82, 2.24) is 0 Å². The van der Waals surface area contributed by atoms with Gasteiger partial charge in [0.05, 0.1) is 47.3 Å². The molecule has 6 heteroatoms. The standard InChI is InChI=1S/C15H12Cl2N2O2/c1-20-14-7-13(15(21-2)6-11(14)17)19-12-4-3-9(8-18)5-10(12)16/h3-7,19H,1-2H3. The number of hydrogen-bond acceptors (Lipinski definition) is 4. The predicted molar refractivity (Wildman–Crippen MR) is 84.0 cm³/mol. The summed E-state index contributed by atoms with van der Waals surface area (Å²) in [5.41, 5.74) is 1.80. The lowest BCUT2D eigenvalue weighted by Crippen LogP contribution is -1.97. The van der Waals surface area contributed by atoms with Gasteiger partial charge in [0, 0.05) is 12.1 Å². The number of ether oxygens (including phenoxy) is 2. The topological polar surface area (TPSA) is 54.3 Å². The maximum absolute atomic E-state index is 8.84. The van der Waals surface area contributed by atoms with Crippen molar-refractivity contribution in [3.8, 4) is 17.6 Å². The van der Waals surface area contributed by atoms with Gasteiger partial charge < -0.3 is 14.8 Å². The average Bonchev–Trinajstić information content (AvgIpc) is 2.50. The molecule has 0 aliphatic rings. The van der Waals surface area contributed by atoms with E-state index in [0.717, 1.165) is 0 Å². The number of nitriles is 1. The third-order valence-electron chi connectivity index (χ3n) is 2.84. The molecule has 0 radical (unpaired) electrons. The van der Waals surface area contributed by atoms with Gasteiger partial charge in [-0.2, -0.15) is 5.26 Å². The molecule has 0 amide bonds. The van der Waals surface area contributed by atoms with Crippen molar-refractivity contribution < 1.29 is 9.47 Å². The number of nitrogens with one attached hydrogen (secondary N) is 1. The largest absolute Gasteiger partial charge is 0.495 e. The molecule has 0 atom stereocenters. The molecule has 0 saturated carbocycles. The molecule has 0 fully saturated rings. The minimum absolute atomic E-state index is 0.435. The molecule has 4 nitrogen and oxygen atoms in total. The molecular formula is C15H12Cl2N2O2. The molecule has 1 N–H and O–H groups in total. The summed E-state index contributed by atoms with van der Waals surface area (Å²) >= 11 is 12.2.